The molecule has 0 radical (unpaired) electrons. The minimum Gasteiger partial charge on any atom is -0.353 e. The molecule has 0 saturated carbocycles. The molecule has 7 nitrogen and oxygen atoms in total. The van der Waals surface area contributed by atoms with Crippen LogP contribution in [0.2, 0.25) is 0 Å². The summed E-state index contributed by atoms with van der Waals surface area (Å²) in [5, 5.41) is 8.74. The summed E-state index contributed by atoms with van der Waals surface area (Å²) in [7, 11) is 0. The van der Waals surface area contributed by atoms with Crippen LogP contribution < -0.4 is 21.7 Å². The lowest BCUT2D eigenvalue weighted by atomic mass is 10.0. The van der Waals surface area contributed by atoms with Crippen molar-refractivity contribution in [1.82, 2.24) is 16.0 Å². The van der Waals surface area contributed by atoms with Gasteiger partial charge in [0.15, 0.2) is 0 Å². The SMILES string of the molecule is CCCCCCCCCCCC(=O)NC(CCCCCCCCCC)C(=O)NC(CCCC)C(=O)NCCN. The van der Waals surface area contributed by atoms with Crippen molar-refractivity contribution >= 4 is 17.7 Å². The molecule has 230 valence electrons. The molecule has 2 atom stereocenters. The fourth-order valence-electron chi connectivity index (χ4n) is 4.88. The third kappa shape index (κ3) is 22.8. The van der Waals surface area contributed by atoms with Crippen LogP contribution >= 0.6 is 0 Å². The van der Waals surface area contributed by atoms with Gasteiger partial charge in [0, 0.05) is 19.5 Å². The van der Waals surface area contributed by atoms with Crippen molar-refractivity contribution in [3.8, 4) is 0 Å². The zero-order chi connectivity index (χ0) is 29.0. The molecule has 2 unspecified atom stereocenters. The summed E-state index contributed by atoms with van der Waals surface area (Å²) in [4.78, 5) is 38.6. The highest BCUT2D eigenvalue weighted by molar-refractivity contribution is 5.92. The van der Waals surface area contributed by atoms with Gasteiger partial charge in [0.05, 0.1) is 0 Å². The van der Waals surface area contributed by atoms with Crippen LogP contribution in [0, 0.1) is 0 Å². The quantitative estimate of drug-likeness (QED) is 0.0811. The van der Waals surface area contributed by atoms with E-state index in [1.807, 2.05) is 0 Å². The second-order valence-corrected chi connectivity index (χ2v) is 11.2. The van der Waals surface area contributed by atoms with E-state index >= 15 is 0 Å². The number of rotatable bonds is 28. The molecule has 0 aliphatic rings. The van der Waals surface area contributed by atoms with Crippen molar-refractivity contribution in [2.45, 2.75) is 174 Å². The Bertz CT molecular complexity index is 600. The van der Waals surface area contributed by atoms with E-state index < -0.39 is 12.1 Å². The van der Waals surface area contributed by atoms with Gasteiger partial charge in [-0.1, -0.05) is 136 Å². The van der Waals surface area contributed by atoms with Crippen LogP contribution in [0.3, 0.4) is 0 Å². The summed E-state index contributed by atoms with van der Waals surface area (Å²) >= 11 is 0. The maximum Gasteiger partial charge on any atom is 0.243 e. The zero-order valence-corrected chi connectivity index (χ0v) is 25.9. The molecule has 0 saturated heterocycles. The molecule has 39 heavy (non-hydrogen) atoms. The summed E-state index contributed by atoms with van der Waals surface area (Å²) in [6, 6.07) is -1.19. The third-order valence-corrected chi connectivity index (χ3v) is 7.43. The number of hydrogen-bond acceptors (Lipinski definition) is 4. The van der Waals surface area contributed by atoms with Crippen LogP contribution in [0.15, 0.2) is 0 Å². The van der Waals surface area contributed by atoms with Crippen LogP contribution in [0.4, 0.5) is 0 Å². The largest absolute Gasteiger partial charge is 0.353 e. The highest BCUT2D eigenvalue weighted by atomic mass is 16.2. The molecule has 0 aromatic carbocycles. The topological polar surface area (TPSA) is 113 Å². The molecule has 0 aromatic rings. The molecule has 0 aromatic heterocycles. The first-order chi connectivity index (χ1) is 19.0. The summed E-state index contributed by atoms with van der Waals surface area (Å²) in [6.45, 7) is 7.27. The Labute approximate surface area is 241 Å². The lowest BCUT2D eigenvalue weighted by Gasteiger charge is -2.23. The van der Waals surface area contributed by atoms with Gasteiger partial charge in [0.2, 0.25) is 17.7 Å². The van der Waals surface area contributed by atoms with Gasteiger partial charge >= 0.3 is 0 Å². The Hall–Kier alpha value is -1.63. The average molecular weight is 553 g/mol. The number of nitrogens with one attached hydrogen (secondary N) is 3. The van der Waals surface area contributed by atoms with Crippen LogP contribution in [0.1, 0.15) is 162 Å². The molecule has 0 bridgehead atoms. The molecule has 0 fully saturated rings. The number of carbonyl (C=O) groups is 3. The first-order valence-electron chi connectivity index (χ1n) is 16.6. The predicted molar refractivity (Wildman–Crippen MR) is 165 cm³/mol. The molecule has 3 amide bonds. The number of hydrogen-bond donors (Lipinski definition) is 4. The van der Waals surface area contributed by atoms with E-state index in [1.54, 1.807) is 0 Å². The lowest BCUT2D eigenvalue weighted by Crippen LogP contribution is -2.54. The van der Waals surface area contributed by atoms with Gasteiger partial charge in [0.1, 0.15) is 12.1 Å². The zero-order valence-electron chi connectivity index (χ0n) is 25.9. The fraction of sp³-hybridized carbons (Fsp3) is 0.906. The van der Waals surface area contributed by atoms with Gasteiger partial charge in [-0.05, 0) is 19.3 Å². The number of carbonyl (C=O) groups excluding carboxylic acids is 3. The molecule has 5 N–H and O–H groups in total. The summed E-state index contributed by atoms with van der Waals surface area (Å²) in [6.07, 6.45) is 23.7. The van der Waals surface area contributed by atoms with Gasteiger partial charge < -0.3 is 21.7 Å². The first-order valence-corrected chi connectivity index (χ1v) is 16.6. The standard InChI is InChI=1S/C32H64N4O3/c1-4-7-10-12-14-16-18-20-22-25-30(37)35-29(24-21-19-17-15-13-11-8-5-2)32(39)36-28(23-9-6-3)31(38)34-27-26-33/h28-29H,4-27,33H2,1-3H3,(H,34,38)(H,35,37)(H,36,39). The van der Waals surface area contributed by atoms with E-state index in [4.69, 9.17) is 5.73 Å². The molecular weight excluding hydrogens is 488 g/mol. The third-order valence-electron chi connectivity index (χ3n) is 7.43. The lowest BCUT2D eigenvalue weighted by molar-refractivity contribution is -0.132. The molecule has 0 aliphatic heterocycles. The van der Waals surface area contributed by atoms with Crippen LogP contribution in [-0.4, -0.2) is 42.9 Å². The molecule has 7 heteroatoms. The Morgan fingerprint density at radius 1 is 0.538 bits per heavy atom. The number of unbranched alkanes of at least 4 members (excludes halogenated alkanes) is 16. The maximum atomic E-state index is 13.3. The molecule has 0 spiro atoms. The van der Waals surface area contributed by atoms with E-state index in [0.717, 1.165) is 44.9 Å². The molecular formula is C32H64N4O3. The average Bonchev–Trinajstić information content (AvgIpc) is 2.93. The Balaban J connectivity index is 4.76. The first kappa shape index (κ1) is 37.4. The van der Waals surface area contributed by atoms with E-state index in [2.05, 4.69) is 36.7 Å². The normalized spacial score (nSPS) is 12.6. The number of nitrogens with two attached hydrogens (primary N) is 1. The Kier molecular flexibility index (Phi) is 26.8. The minimum absolute atomic E-state index is 0.0599. The molecule has 0 heterocycles. The van der Waals surface area contributed by atoms with Crippen molar-refractivity contribution in [3.05, 3.63) is 0 Å². The van der Waals surface area contributed by atoms with Crippen molar-refractivity contribution in [1.29, 1.82) is 0 Å². The Morgan fingerprint density at radius 2 is 0.974 bits per heavy atom. The minimum atomic E-state index is -0.598. The van der Waals surface area contributed by atoms with Crippen molar-refractivity contribution in [2.75, 3.05) is 13.1 Å². The summed E-state index contributed by atoms with van der Waals surface area (Å²) < 4.78 is 0. The van der Waals surface area contributed by atoms with Crippen LogP contribution in [0.5, 0.6) is 0 Å². The van der Waals surface area contributed by atoms with Gasteiger partial charge in [0.25, 0.3) is 0 Å². The summed E-state index contributed by atoms with van der Waals surface area (Å²) in [5.74, 6) is -0.508. The van der Waals surface area contributed by atoms with E-state index in [1.165, 1.54) is 77.0 Å². The van der Waals surface area contributed by atoms with Crippen molar-refractivity contribution in [2.24, 2.45) is 5.73 Å². The highest BCUT2D eigenvalue weighted by Gasteiger charge is 2.26. The maximum absolute atomic E-state index is 13.3. The fourth-order valence-corrected chi connectivity index (χ4v) is 4.88. The van der Waals surface area contributed by atoms with E-state index in [9.17, 15) is 14.4 Å². The van der Waals surface area contributed by atoms with Gasteiger partial charge in [-0.15, -0.1) is 0 Å². The second-order valence-electron chi connectivity index (χ2n) is 11.2. The monoisotopic (exact) mass is 552 g/mol. The smallest absolute Gasteiger partial charge is 0.243 e. The highest BCUT2D eigenvalue weighted by Crippen LogP contribution is 2.13. The van der Waals surface area contributed by atoms with Crippen molar-refractivity contribution in [3.63, 3.8) is 0 Å². The molecule has 0 aliphatic carbocycles. The van der Waals surface area contributed by atoms with Crippen molar-refractivity contribution < 1.29 is 14.4 Å². The van der Waals surface area contributed by atoms with Gasteiger partial charge in [-0.3, -0.25) is 14.4 Å². The van der Waals surface area contributed by atoms with E-state index in [-0.39, 0.29) is 17.7 Å². The summed E-state index contributed by atoms with van der Waals surface area (Å²) in [5.41, 5.74) is 5.54. The number of amides is 3. The van der Waals surface area contributed by atoms with Crippen LogP contribution in [-0.2, 0) is 14.4 Å². The second kappa shape index (κ2) is 27.9. The van der Waals surface area contributed by atoms with Gasteiger partial charge in [-0.25, -0.2) is 0 Å². The molecule has 0 rings (SSSR count). The van der Waals surface area contributed by atoms with Gasteiger partial charge in [-0.2, -0.15) is 0 Å². The predicted octanol–water partition coefficient (Wildman–Crippen LogP) is 6.67. The Morgan fingerprint density at radius 3 is 1.49 bits per heavy atom. The van der Waals surface area contributed by atoms with Crippen LogP contribution in [0.25, 0.3) is 0 Å². The van der Waals surface area contributed by atoms with E-state index in [0.29, 0.717) is 32.4 Å².